The van der Waals surface area contributed by atoms with Gasteiger partial charge in [-0.15, -0.1) is 0 Å². The van der Waals surface area contributed by atoms with E-state index in [1.807, 2.05) is 0 Å². The Hall–Kier alpha value is -0.780. The zero-order valence-corrected chi connectivity index (χ0v) is 7.17. The summed E-state index contributed by atoms with van der Waals surface area (Å²) in [6, 6.07) is 0. The number of allylic oxidation sites excluding steroid dienone is 6. The van der Waals surface area contributed by atoms with Crippen molar-refractivity contribution in [2.24, 2.45) is 11.8 Å². The third-order valence-corrected chi connectivity index (χ3v) is 2.84. The van der Waals surface area contributed by atoms with Gasteiger partial charge in [-0.3, -0.25) is 0 Å². The first-order chi connectivity index (χ1) is 5.36. The molecule has 2 aliphatic rings. The summed E-state index contributed by atoms with van der Waals surface area (Å²) in [7, 11) is 0. The monoisotopic (exact) mass is 146 g/mol. The predicted molar refractivity (Wildman–Crippen MR) is 48.3 cm³/mol. The van der Waals surface area contributed by atoms with Crippen molar-refractivity contribution in [3.63, 3.8) is 0 Å². The molecule has 2 rings (SSSR count). The molecule has 2 bridgehead atoms. The van der Waals surface area contributed by atoms with Crippen LogP contribution >= 0.6 is 0 Å². The van der Waals surface area contributed by atoms with Crippen molar-refractivity contribution in [3.8, 4) is 0 Å². The number of rotatable bonds is 0. The molecule has 2 atom stereocenters. The minimum atomic E-state index is 0.746. The Morgan fingerprint density at radius 2 is 1.55 bits per heavy atom. The molecular weight excluding hydrogens is 132 g/mol. The van der Waals surface area contributed by atoms with E-state index >= 15 is 0 Å². The SMILES string of the molecule is C/C=C1\C(=C\C)C2C=CC1C2. The average molecular weight is 146 g/mol. The highest BCUT2D eigenvalue weighted by Crippen LogP contribution is 2.46. The second kappa shape index (κ2) is 2.37. The fourth-order valence-corrected chi connectivity index (χ4v) is 2.35. The van der Waals surface area contributed by atoms with Crippen LogP contribution in [0.5, 0.6) is 0 Å². The topological polar surface area (TPSA) is 0 Å². The summed E-state index contributed by atoms with van der Waals surface area (Å²) in [6.07, 6.45) is 10.6. The normalized spacial score (nSPS) is 41.3. The Morgan fingerprint density at radius 3 is 1.91 bits per heavy atom. The van der Waals surface area contributed by atoms with E-state index < -0.39 is 0 Å². The van der Waals surface area contributed by atoms with E-state index in [4.69, 9.17) is 0 Å². The van der Waals surface area contributed by atoms with Gasteiger partial charge in [-0.2, -0.15) is 0 Å². The summed E-state index contributed by atoms with van der Waals surface area (Å²) in [4.78, 5) is 0. The highest BCUT2D eigenvalue weighted by Gasteiger charge is 2.33. The third-order valence-electron chi connectivity index (χ3n) is 2.84. The predicted octanol–water partition coefficient (Wildman–Crippen LogP) is 3.08. The molecule has 1 saturated carbocycles. The Balaban J connectivity index is 2.44. The van der Waals surface area contributed by atoms with E-state index in [0.717, 1.165) is 11.8 Å². The lowest BCUT2D eigenvalue weighted by atomic mass is 9.95. The molecule has 11 heavy (non-hydrogen) atoms. The van der Waals surface area contributed by atoms with Crippen molar-refractivity contribution >= 4 is 0 Å². The maximum Gasteiger partial charge on any atom is 0.00265 e. The van der Waals surface area contributed by atoms with Crippen molar-refractivity contribution in [3.05, 3.63) is 35.5 Å². The Bertz CT molecular complexity index is 227. The summed E-state index contributed by atoms with van der Waals surface area (Å²) in [5, 5.41) is 0. The van der Waals surface area contributed by atoms with Gasteiger partial charge in [0.15, 0.2) is 0 Å². The first-order valence-electron chi connectivity index (χ1n) is 4.38. The fraction of sp³-hybridized carbons (Fsp3) is 0.455. The first-order valence-corrected chi connectivity index (χ1v) is 4.38. The molecule has 2 unspecified atom stereocenters. The Morgan fingerprint density at radius 1 is 1.09 bits per heavy atom. The maximum atomic E-state index is 2.35. The highest BCUT2D eigenvalue weighted by molar-refractivity contribution is 5.47. The number of hydrogen-bond acceptors (Lipinski definition) is 0. The lowest BCUT2D eigenvalue weighted by Gasteiger charge is -2.11. The smallest absolute Gasteiger partial charge is 0.00265 e. The zero-order chi connectivity index (χ0) is 7.84. The molecule has 58 valence electrons. The molecule has 1 fully saturated rings. The van der Waals surface area contributed by atoms with Gasteiger partial charge in [-0.05, 0) is 31.4 Å². The Labute approximate surface area is 68.3 Å². The fourth-order valence-electron chi connectivity index (χ4n) is 2.35. The van der Waals surface area contributed by atoms with Gasteiger partial charge in [0.25, 0.3) is 0 Å². The van der Waals surface area contributed by atoms with Gasteiger partial charge >= 0.3 is 0 Å². The van der Waals surface area contributed by atoms with Crippen molar-refractivity contribution < 1.29 is 0 Å². The van der Waals surface area contributed by atoms with Crippen LogP contribution < -0.4 is 0 Å². The molecule has 0 spiro atoms. The van der Waals surface area contributed by atoms with Gasteiger partial charge in [0.2, 0.25) is 0 Å². The summed E-state index contributed by atoms with van der Waals surface area (Å²) in [6.45, 7) is 4.29. The summed E-state index contributed by atoms with van der Waals surface area (Å²) in [5.74, 6) is 1.49. The number of fused-ring (bicyclic) bond motifs is 2. The van der Waals surface area contributed by atoms with Crippen LogP contribution in [0.2, 0.25) is 0 Å². The zero-order valence-electron chi connectivity index (χ0n) is 7.17. The van der Waals surface area contributed by atoms with Gasteiger partial charge in [-0.1, -0.05) is 24.3 Å². The van der Waals surface area contributed by atoms with E-state index in [-0.39, 0.29) is 0 Å². The number of hydrogen-bond donors (Lipinski definition) is 0. The van der Waals surface area contributed by atoms with Crippen LogP contribution in [0.1, 0.15) is 20.3 Å². The Kier molecular flexibility index (Phi) is 1.49. The van der Waals surface area contributed by atoms with Gasteiger partial charge in [-0.25, -0.2) is 0 Å². The van der Waals surface area contributed by atoms with Crippen LogP contribution in [0.15, 0.2) is 35.5 Å². The summed E-state index contributed by atoms with van der Waals surface area (Å²) < 4.78 is 0. The second-order valence-electron chi connectivity index (χ2n) is 3.32. The maximum absolute atomic E-state index is 2.35. The van der Waals surface area contributed by atoms with E-state index in [1.165, 1.54) is 6.42 Å². The average Bonchev–Trinajstić information content (AvgIpc) is 2.60. The molecule has 0 radical (unpaired) electrons. The van der Waals surface area contributed by atoms with Gasteiger partial charge in [0.1, 0.15) is 0 Å². The molecule has 0 aromatic heterocycles. The van der Waals surface area contributed by atoms with E-state index in [0.29, 0.717) is 0 Å². The molecule has 0 amide bonds. The summed E-state index contributed by atoms with van der Waals surface area (Å²) in [5.41, 5.74) is 3.14. The lowest BCUT2D eigenvalue weighted by molar-refractivity contribution is 0.735. The van der Waals surface area contributed by atoms with Crippen LogP contribution in [-0.4, -0.2) is 0 Å². The highest BCUT2D eigenvalue weighted by atomic mass is 14.4. The van der Waals surface area contributed by atoms with Gasteiger partial charge in [0, 0.05) is 11.8 Å². The lowest BCUT2D eigenvalue weighted by Crippen LogP contribution is -1.95. The molecule has 0 aliphatic heterocycles. The minimum Gasteiger partial charge on any atom is -0.0836 e. The molecular formula is C11H14. The first kappa shape index (κ1) is 6.90. The summed E-state index contributed by atoms with van der Waals surface area (Å²) >= 11 is 0. The molecule has 0 heterocycles. The van der Waals surface area contributed by atoms with Gasteiger partial charge in [0.05, 0.1) is 0 Å². The molecule has 2 aliphatic carbocycles. The molecule has 0 aromatic carbocycles. The van der Waals surface area contributed by atoms with Crippen molar-refractivity contribution in [1.82, 2.24) is 0 Å². The minimum absolute atomic E-state index is 0.746. The van der Waals surface area contributed by atoms with Crippen molar-refractivity contribution in [1.29, 1.82) is 0 Å². The third kappa shape index (κ3) is 0.819. The van der Waals surface area contributed by atoms with Crippen LogP contribution in [-0.2, 0) is 0 Å². The van der Waals surface area contributed by atoms with Crippen LogP contribution in [0.3, 0.4) is 0 Å². The largest absolute Gasteiger partial charge is 0.0836 e. The van der Waals surface area contributed by atoms with Gasteiger partial charge < -0.3 is 0 Å². The van der Waals surface area contributed by atoms with Crippen molar-refractivity contribution in [2.75, 3.05) is 0 Å². The molecule has 0 N–H and O–H groups in total. The van der Waals surface area contributed by atoms with E-state index in [1.54, 1.807) is 11.1 Å². The molecule has 0 heteroatoms. The molecule has 0 nitrogen and oxygen atoms in total. The van der Waals surface area contributed by atoms with E-state index in [2.05, 4.69) is 38.2 Å². The molecule has 0 saturated heterocycles. The standard InChI is InChI=1S/C11H14/c1-3-10-8-5-6-9(7-8)11(10)4-2/h3-6,8-9H,7H2,1-2H3/b10-3-,11-4+. The quantitative estimate of drug-likeness (QED) is 0.461. The van der Waals surface area contributed by atoms with Crippen molar-refractivity contribution in [2.45, 2.75) is 20.3 Å². The van der Waals surface area contributed by atoms with Crippen LogP contribution in [0.4, 0.5) is 0 Å². The van der Waals surface area contributed by atoms with E-state index in [9.17, 15) is 0 Å². The second-order valence-corrected chi connectivity index (χ2v) is 3.32. The van der Waals surface area contributed by atoms with Crippen LogP contribution in [0, 0.1) is 11.8 Å². The molecule has 0 aromatic rings. The van der Waals surface area contributed by atoms with Crippen LogP contribution in [0.25, 0.3) is 0 Å².